The third-order valence-electron chi connectivity index (χ3n) is 3.82. The highest BCUT2D eigenvalue weighted by Crippen LogP contribution is 2.47. The number of alkyl carbamates (subject to hydrolysis) is 1. The summed E-state index contributed by atoms with van der Waals surface area (Å²) < 4.78 is 5.23. The normalized spacial score (nSPS) is 35.7. The van der Waals surface area contributed by atoms with Gasteiger partial charge in [0.05, 0.1) is 0 Å². The fraction of sp³-hybridized carbons (Fsp3) is 0.846. The largest absolute Gasteiger partial charge is 0.444 e. The highest BCUT2D eigenvalue weighted by atomic mass is 16.6. The van der Waals surface area contributed by atoms with E-state index in [4.69, 9.17) is 4.74 Å². The van der Waals surface area contributed by atoms with Crippen molar-refractivity contribution >= 4 is 12.4 Å². The number of rotatable bonds is 2. The zero-order valence-corrected chi connectivity index (χ0v) is 10.7. The number of ether oxygens (including phenoxy) is 1. The number of carbonyl (C=O) groups excluding carboxylic acids is 2. The average Bonchev–Trinajstić information content (AvgIpc) is 2.74. The molecule has 1 unspecified atom stereocenters. The summed E-state index contributed by atoms with van der Waals surface area (Å²) in [5.74, 6) is 0.918. The van der Waals surface area contributed by atoms with Gasteiger partial charge in [0.1, 0.15) is 11.9 Å². The van der Waals surface area contributed by atoms with Crippen LogP contribution in [-0.2, 0) is 9.53 Å². The second-order valence-corrected chi connectivity index (χ2v) is 6.22. The second kappa shape index (κ2) is 4.31. The quantitative estimate of drug-likeness (QED) is 0.751. The van der Waals surface area contributed by atoms with Crippen molar-refractivity contribution < 1.29 is 14.3 Å². The van der Waals surface area contributed by atoms with Crippen molar-refractivity contribution in [3.63, 3.8) is 0 Å². The Morgan fingerprint density at radius 2 is 1.94 bits per heavy atom. The van der Waals surface area contributed by atoms with Crippen molar-refractivity contribution in [2.45, 2.75) is 51.7 Å². The van der Waals surface area contributed by atoms with Gasteiger partial charge in [-0.05, 0) is 51.9 Å². The lowest BCUT2D eigenvalue weighted by Gasteiger charge is -2.29. The van der Waals surface area contributed by atoms with Gasteiger partial charge < -0.3 is 14.8 Å². The Balaban J connectivity index is 1.94. The number of hydrogen-bond acceptors (Lipinski definition) is 3. The van der Waals surface area contributed by atoms with Crippen LogP contribution in [0.15, 0.2) is 0 Å². The van der Waals surface area contributed by atoms with Crippen molar-refractivity contribution in [2.75, 3.05) is 0 Å². The highest BCUT2D eigenvalue weighted by Gasteiger charge is 2.48. The maximum atomic E-state index is 11.7. The van der Waals surface area contributed by atoms with E-state index in [-0.39, 0.29) is 12.0 Å². The van der Waals surface area contributed by atoms with E-state index in [9.17, 15) is 9.59 Å². The van der Waals surface area contributed by atoms with Gasteiger partial charge in [-0.3, -0.25) is 0 Å². The molecule has 96 valence electrons. The fourth-order valence-electron chi connectivity index (χ4n) is 3.19. The van der Waals surface area contributed by atoms with Crippen LogP contribution in [0.3, 0.4) is 0 Å². The SMILES string of the molecule is CC(C)(C)OC(=O)N[C@H]1C(C=O)[C@@H]2CC[C@H]1C2. The molecule has 1 N–H and O–H groups in total. The van der Waals surface area contributed by atoms with E-state index in [0.29, 0.717) is 11.8 Å². The molecule has 2 saturated carbocycles. The van der Waals surface area contributed by atoms with Crippen molar-refractivity contribution in [3.05, 3.63) is 0 Å². The van der Waals surface area contributed by atoms with Crippen LogP contribution in [0.2, 0.25) is 0 Å². The van der Waals surface area contributed by atoms with Crippen LogP contribution >= 0.6 is 0 Å². The molecule has 4 nitrogen and oxygen atoms in total. The molecule has 2 aliphatic carbocycles. The van der Waals surface area contributed by atoms with Gasteiger partial charge in [0.15, 0.2) is 0 Å². The van der Waals surface area contributed by atoms with Gasteiger partial charge in [0.25, 0.3) is 0 Å². The summed E-state index contributed by atoms with van der Waals surface area (Å²) in [5, 5.41) is 2.88. The molecule has 0 radical (unpaired) electrons. The number of carbonyl (C=O) groups is 2. The van der Waals surface area contributed by atoms with Gasteiger partial charge in [-0.15, -0.1) is 0 Å². The Labute approximate surface area is 102 Å². The molecule has 2 fully saturated rings. The monoisotopic (exact) mass is 239 g/mol. The van der Waals surface area contributed by atoms with Gasteiger partial charge >= 0.3 is 6.09 Å². The predicted molar refractivity (Wildman–Crippen MR) is 63.5 cm³/mol. The second-order valence-electron chi connectivity index (χ2n) is 6.22. The minimum absolute atomic E-state index is 0.0127. The summed E-state index contributed by atoms with van der Waals surface area (Å²) in [5.41, 5.74) is -0.488. The smallest absolute Gasteiger partial charge is 0.407 e. The van der Waals surface area contributed by atoms with E-state index in [0.717, 1.165) is 25.5 Å². The summed E-state index contributed by atoms with van der Waals surface area (Å²) >= 11 is 0. The van der Waals surface area contributed by atoms with E-state index in [1.807, 2.05) is 20.8 Å². The summed E-state index contributed by atoms with van der Waals surface area (Å²) in [7, 11) is 0. The van der Waals surface area contributed by atoms with Gasteiger partial charge in [-0.1, -0.05) is 0 Å². The molecule has 0 spiro atoms. The van der Waals surface area contributed by atoms with Gasteiger partial charge in [0, 0.05) is 12.0 Å². The van der Waals surface area contributed by atoms with Crippen LogP contribution in [-0.4, -0.2) is 24.0 Å². The molecular weight excluding hydrogens is 218 g/mol. The molecule has 2 aliphatic rings. The Morgan fingerprint density at radius 3 is 2.53 bits per heavy atom. The number of amides is 1. The van der Waals surface area contributed by atoms with Crippen molar-refractivity contribution in [1.82, 2.24) is 5.32 Å². The Morgan fingerprint density at radius 1 is 1.29 bits per heavy atom. The molecule has 0 heterocycles. The maximum Gasteiger partial charge on any atom is 0.407 e. The summed E-state index contributed by atoms with van der Waals surface area (Å²) in [6, 6.07) is -0.0129. The van der Waals surface area contributed by atoms with E-state index in [1.165, 1.54) is 0 Å². The third kappa shape index (κ3) is 2.61. The van der Waals surface area contributed by atoms with E-state index in [2.05, 4.69) is 5.32 Å². The minimum Gasteiger partial charge on any atom is -0.444 e. The lowest BCUT2D eigenvalue weighted by atomic mass is 9.85. The maximum absolute atomic E-state index is 11.7. The molecule has 4 atom stereocenters. The van der Waals surface area contributed by atoms with Gasteiger partial charge in [-0.2, -0.15) is 0 Å². The molecule has 0 saturated heterocycles. The van der Waals surface area contributed by atoms with Crippen LogP contribution in [0.4, 0.5) is 4.79 Å². The first-order valence-corrected chi connectivity index (χ1v) is 6.35. The number of aldehydes is 1. The minimum atomic E-state index is -0.488. The first-order valence-electron chi connectivity index (χ1n) is 6.35. The van der Waals surface area contributed by atoms with Gasteiger partial charge in [0.2, 0.25) is 0 Å². The van der Waals surface area contributed by atoms with Crippen LogP contribution in [0, 0.1) is 17.8 Å². The highest BCUT2D eigenvalue weighted by molar-refractivity contribution is 5.69. The molecule has 1 amide bonds. The van der Waals surface area contributed by atoms with Crippen LogP contribution < -0.4 is 5.32 Å². The molecule has 0 aromatic carbocycles. The number of fused-ring (bicyclic) bond motifs is 2. The lowest BCUT2D eigenvalue weighted by Crippen LogP contribution is -2.46. The first-order chi connectivity index (χ1) is 7.90. The van der Waals surface area contributed by atoms with E-state index in [1.54, 1.807) is 0 Å². The van der Waals surface area contributed by atoms with Crippen LogP contribution in [0.5, 0.6) is 0 Å². The molecule has 2 rings (SSSR count). The third-order valence-corrected chi connectivity index (χ3v) is 3.82. The molecule has 0 aromatic rings. The molecule has 2 bridgehead atoms. The summed E-state index contributed by atoms with van der Waals surface area (Å²) in [4.78, 5) is 22.8. The molecular formula is C13H21NO3. The fourth-order valence-corrected chi connectivity index (χ4v) is 3.19. The summed E-state index contributed by atoms with van der Waals surface area (Å²) in [6.45, 7) is 5.51. The Hall–Kier alpha value is -1.06. The zero-order valence-electron chi connectivity index (χ0n) is 10.7. The topological polar surface area (TPSA) is 55.4 Å². The molecule has 0 aliphatic heterocycles. The molecule has 17 heavy (non-hydrogen) atoms. The van der Waals surface area contributed by atoms with Gasteiger partial charge in [-0.25, -0.2) is 4.79 Å². The van der Waals surface area contributed by atoms with Crippen LogP contribution in [0.25, 0.3) is 0 Å². The zero-order chi connectivity index (χ0) is 12.6. The molecule has 0 aromatic heterocycles. The molecule has 4 heteroatoms. The van der Waals surface area contributed by atoms with E-state index < -0.39 is 11.7 Å². The van der Waals surface area contributed by atoms with E-state index >= 15 is 0 Å². The Kier molecular flexibility index (Phi) is 3.15. The summed E-state index contributed by atoms with van der Waals surface area (Å²) in [6.07, 6.45) is 3.92. The van der Waals surface area contributed by atoms with Crippen molar-refractivity contribution in [1.29, 1.82) is 0 Å². The predicted octanol–water partition coefficient (Wildman–Crippen LogP) is 2.12. The number of nitrogens with one attached hydrogen (secondary N) is 1. The first kappa shape index (κ1) is 12.4. The standard InChI is InChI=1S/C13H21NO3/c1-13(2,3)17-12(16)14-11-9-5-4-8(6-9)10(11)7-15/h7-11H,4-6H2,1-3H3,(H,14,16)/t8-,9+,10?,11-/m1/s1. The van der Waals surface area contributed by atoms with Crippen LogP contribution in [0.1, 0.15) is 40.0 Å². The average molecular weight is 239 g/mol. The lowest BCUT2D eigenvalue weighted by molar-refractivity contribution is -0.113. The number of hydrogen-bond donors (Lipinski definition) is 1. The Bertz CT molecular complexity index is 321. The van der Waals surface area contributed by atoms with Crippen molar-refractivity contribution in [2.24, 2.45) is 17.8 Å². The van der Waals surface area contributed by atoms with Crippen molar-refractivity contribution in [3.8, 4) is 0 Å².